The molecule has 0 aliphatic rings. The highest BCUT2D eigenvalue weighted by atomic mass is 79.9. The molecule has 0 aliphatic carbocycles. The molecule has 7 heteroatoms. The first-order valence-corrected chi connectivity index (χ1v) is 6.59. The molecule has 0 fully saturated rings. The van der Waals surface area contributed by atoms with Crippen molar-refractivity contribution in [3.05, 3.63) is 59.7 Å². The molecule has 2 rings (SSSR count). The van der Waals surface area contributed by atoms with Crippen LogP contribution in [0.15, 0.2) is 42.9 Å². The lowest BCUT2D eigenvalue weighted by atomic mass is 10.2. The van der Waals surface area contributed by atoms with Crippen LogP contribution in [0.4, 0.5) is 5.69 Å². The van der Waals surface area contributed by atoms with Crippen LogP contribution in [-0.2, 0) is 6.54 Å². The Labute approximate surface area is 119 Å². The van der Waals surface area contributed by atoms with Gasteiger partial charge in [0.1, 0.15) is 0 Å². The van der Waals surface area contributed by atoms with E-state index in [9.17, 15) is 9.59 Å². The second-order valence-electron chi connectivity index (χ2n) is 3.72. The number of nitrogens with zero attached hydrogens (tertiary/aromatic N) is 1. The summed E-state index contributed by atoms with van der Waals surface area (Å²) < 4.78 is 2.52. The minimum absolute atomic E-state index is 0.312. The third kappa shape index (κ3) is 2.73. The number of hydrogen-bond acceptors (Lipinski definition) is 3. The molecule has 1 aromatic carbocycles. The van der Waals surface area contributed by atoms with E-state index in [0.717, 1.165) is 10.0 Å². The number of aromatic amines is 1. The van der Waals surface area contributed by atoms with E-state index in [4.69, 9.17) is 5.73 Å². The molecular weight excluding hydrogens is 366 g/mol. The Morgan fingerprint density at radius 2 is 1.94 bits per heavy atom. The maximum absolute atomic E-state index is 11.6. The van der Waals surface area contributed by atoms with Crippen molar-refractivity contribution in [3.63, 3.8) is 0 Å². The van der Waals surface area contributed by atoms with Gasteiger partial charge in [0.2, 0.25) is 0 Å². The Kier molecular flexibility index (Phi) is 3.72. The molecule has 2 aromatic rings. The second kappa shape index (κ2) is 5.11. The number of anilines is 1. The van der Waals surface area contributed by atoms with E-state index in [1.54, 1.807) is 6.07 Å². The van der Waals surface area contributed by atoms with Crippen molar-refractivity contribution in [1.29, 1.82) is 0 Å². The summed E-state index contributed by atoms with van der Waals surface area (Å²) in [5.41, 5.74) is 6.35. The Bertz CT molecular complexity index is 706. The molecule has 3 N–H and O–H groups in total. The van der Waals surface area contributed by atoms with E-state index < -0.39 is 11.2 Å². The standard InChI is InChI=1S/C11H9Br2N3O2/c12-7-2-1-6(3-9(7)14)4-16-5-8(13)10(17)15-11(16)18/h1-3,5H,4,14H2,(H,15,17,18). The first-order valence-electron chi connectivity index (χ1n) is 5.00. The van der Waals surface area contributed by atoms with Gasteiger partial charge in [-0.1, -0.05) is 6.07 Å². The molecule has 5 nitrogen and oxygen atoms in total. The highest BCUT2D eigenvalue weighted by molar-refractivity contribution is 9.10. The van der Waals surface area contributed by atoms with Gasteiger partial charge in [-0.2, -0.15) is 0 Å². The molecule has 0 unspecified atom stereocenters. The van der Waals surface area contributed by atoms with Crippen LogP contribution in [0.2, 0.25) is 0 Å². The summed E-state index contributed by atoms with van der Waals surface area (Å²) in [5, 5.41) is 0. The van der Waals surface area contributed by atoms with E-state index in [0.29, 0.717) is 16.7 Å². The molecule has 0 aliphatic heterocycles. The average molecular weight is 375 g/mol. The molecule has 0 spiro atoms. The first-order chi connectivity index (χ1) is 8.47. The topological polar surface area (TPSA) is 80.9 Å². The molecule has 0 radical (unpaired) electrons. The van der Waals surface area contributed by atoms with E-state index in [1.165, 1.54) is 10.8 Å². The van der Waals surface area contributed by atoms with Crippen LogP contribution < -0.4 is 17.0 Å². The van der Waals surface area contributed by atoms with Gasteiger partial charge in [0.25, 0.3) is 5.56 Å². The number of nitrogens with one attached hydrogen (secondary N) is 1. The fourth-order valence-electron chi connectivity index (χ4n) is 1.49. The maximum Gasteiger partial charge on any atom is 0.328 e. The average Bonchev–Trinajstić information content (AvgIpc) is 2.31. The molecule has 94 valence electrons. The van der Waals surface area contributed by atoms with Gasteiger partial charge in [0.05, 0.1) is 11.0 Å². The van der Waals surface area contributed by atoms with Crippen LogP contribution >= 0.6 is 31.9 Å². The number of halogens is 2. The van der Waals surface area contributed by atoms with Crippen molar-refractivity contribution in [2.24, 2.45) is 0 Å². The van der Waals surface area contributed by atoms with Crippen molar-refractivity contribution >= 4 is 37.5 Å². The monoisotopic (exact) mass is 373 g/mol. The van der Waals surface area contributed by atoms with E-state index in [2.05, 4.69) is 36.8 Å². The molecule has 1 aromatic heterocycles. The Morgan fingerprint density at radius 1 is 1.22 bits per heavy atom. The lowest BCUT2D eigenvalue weighted by molar-refractivity contribution is 0.716. The second-order valence-corrected chi connectivity index (χ2v) is 5.43. The van der Waals surface area contributed by atoms with Crippen molar-refractivity contribution in [1.82, 2.24) is 9.55 Å². The van der Waals surface area contributed by atoms with Gasteiger partial charge in [-0.15, -0.1) is 0 Å². The number of nitrogens with two attached hydrogens (primary N) is 1. The SMILES string of the molecule is Nc1cc(Cn2cc(Br)c(=O)[nH]c2=O)ccc1Br. The van der Waals surface area contributed by atoms with Crippen molar-refractivity contribution in [2.75, 3.05) is 5.73 Å². The zero-order valence-electron chi connectivity index (χ0n) is 9.11. The summed E-state index contributed by atoms with van der Waals surface area (Å²) in [6.45, 7) is 0.339. The lowest BCUT2D eigenvalue weighted by Gasteiger charge is -2.07. The van der Waals surface area contributed by atoms with Crippen LogP contribution in [0, 0.1) is 0 Å². The molecular formula is C11H9Br2N3O2. The van der Waals surface area contributed by atoms with Crippen molar-refractivity contribution in [3.8, 4) is 0 Å². The number of aromatic nitrogens is 2. The normalized spacial score (nSPS) is 10.6. The van der Waals surface area contributed by atoms with E-state index >= 15 is 0 Å². The largest absolute Gasteiger partial charge is 0.398 e. The predicted molar refractivity (Wildman–Crippen MR) is 76.7 cm³/mol. The van der Waals surface area contributed by atoms with E-state index in [1.807, 2.05) is 12.1 Å². The Morgan fingerprint density at radius 3 is 2.61 bits per heavy atom. The lowest BCUT2D eigenvalue weighted by Crippen LogP contribution is -2.30. The molecule has 1 heterocycles. The van der Waals surface area contributed by atoms with Crippen LogP contribution in [-0.4, -0.2) is 9.55 Å². The summed E-state index contributed by atoms with van der Waals surface area (Å²) in [6.07, 6.45) is 1.46. The summed E-state index contributed by atoms with van der Waals surface area (Å²) in [4.78, 5) is 25.0. The minimum atomic E-state index is -0.454. The predicted octanol–water partition coefficient (Wildman–Crippen LogP) is 1.69. The number of H-pyrrole nitrogens is 1. The summed E-state index contributed by atoms with van der Waals surface area (Å²) in [5.74, 6) is 0. The number of nitrogen functional groups attached to an aromatic ring is 1. The van der Waals surface area contributed by atoms with Gasteiger partial charge < -0.3 is 5.73 Å². The summed E-state index contributed by atoms with van der Waals surface area (Å²) in [6, 6.07) is 5.44. The third-order valence-corrected chi connectivity index (χ3v) is 3.67. The molecule has 0 saturated heterocycles. The molecule has 0 amide bonds. The van der Waals surface area contributed by atoms with Crippen LogP contribution in [0.5, 0.6) is 0 Å². The van der Waals surface area contributed by atoms with Gasteiger partial charge in [-0.3, -0.25) is 14.3 Å². The summed E-state index contributed by atoms with van der Waals surface area (Å²) >= 11 is 6.39. The van der Waals surface area contributed by atoms with Crippen molar-refractivity contribution < 1.29 is 0 Å². The van der Waals surface area contributed by atoms with E-state index in [-0.39, 0.29) is 0 Å². The molecule has 0 saturated carbocycles. The van der Waals surface area contributed by atoms with Crippen molar-refractivity contribution in [2.45, 2.75) is 6.54 Å². The molecule has 18 heavy (non-hydrogen) atoms. The molecule has 0 bridgehead atoms. The zero-order chi connectivity index (χ0) is 13.3. The fourth-order valence-corrected chi connectivity index (χ4v) is 2.08. The van der Waals surface area contributed by atoms with Gasteiger partial charge >= 0.3 is 5.69 Å². The highest BCUT2D eigenvalue weighted by Gasteiger charge is 2.04. The summed E-state index contributed by atoms with van der Waals surface area (Å²) in [7, 11) is 0. The maximum atomic E-state index is 11.6. The van der Waals surface area contributed by atoms with Gasteiger partial charge in [-0.05, 0) is 49.6 Å². The number of hydrogen-bond donors (Lipinski definition) is 2. The van der Waals surface area contributed by atoms with Crippen LogP contribution in [0.3, 0.4) is 0 Å². The fraction of sp³-hybridized carbons (Fsp3) is 0.0909. The third-order valence-electron chi connectivity index (χ3n) is 2.38. The van der Waals surface area contributed by atoms with Gasteiger partial charge in [-0.25, -0.2) is 4.79 Å². The van der Waals surface area contributed by atoms with Crippen LogP contribution in [0.1, 0.15) is 5.56 Å². The van der Waals surface area contributed by atoms with Crippen LogP contribution in [0.25, 0.3) is 0 Å². The first kappa shape index (κ1) is 13.1. The molecule has 0 atom stereocenters. The Hall–Kier alpha value is -1.34. The minimum Gasteiger partial charge on any atom is -0.398 e. The highest BCUT2D eigenvalue weighted by Crippen LogP contribution is 2.20. The smallest absolute Gasteiger partial charge is 0.328 e. The quantitative estimate of drug-likeness (QED) is 0.785. The number of rotatable bonds is 2. The zero-order valence-corrected chi connectivity index (χ0v) is 12.3. The number of benzene rings is 1. The van der Waals surface area contributed by atoms with Gasteiger partial charge in [0.15, 0.2) is 0 Å². The van der Waals surface area contributed by atoms with Gasteiger partial charge in [0, 0.05) is 16.4 Å². The Balaban J connectivity index is 2.40.